The lowest BCUT2D eigenvalue weighted by Gasteiger charge is -2.28. The highest BCUT2D eigenvalue weighted by molar-refractivity contribution is 6.46. The Morgan fingerprint density at radius 1 is 1.02 bits per heavy atom. The number of aliphatic hydroxyl groups excluding tert-OH is 1. The van der Waals surface area contributed by atoms with Gasteiger partial charge in [-0.15, -0.1) is 0 Å². The molecule has 2 aliphatic rings. The summed E-state index contributed by atoms with van der Waals surface area (Å²) in [5.41, 5.74) is 3.17. The molecule has 220 valence electrons. The molecule has 1 amide bonds. The maximum atomic E-state index is 13.6. The molecule has 5 rings (SSSR count). The number of ether oxygens (including phenoxy) is 3. The summed E-state index contributed by atoms with van der Waals surface area (Å²) in [5.74, 6) is 0.251. The molecule has 0 bridgehead atoms. The summed E-state index contributed by atoms with van der Waals surface area (Å²) in [4.78, 5) is 30.8. The number of hydrogen-bond acceptors (Lipinski definition) is 7. The average molecular weight is 571 g/mol. The van der Waals surface area contributed by atoms with E-state index in [2.05, 4.69) is 18.7 Å². The number of hydrogen-bond donors (Lipinski definition) is 1. The number of nitrogens with zero attached hydrogens (tertiary/aromatic N) is 2. The first-order valence-corrected chi connectivity index (χ1v) is 14.5. The first kappa shape index (κ1) is 29.2. The van der Waals surface area contributed by atoms with E-state index in [1.807, 2.05) is 49.4 Å². The third kappa shape index (κ3) is 5.85. The minimum absolute atomic E-state index is 0.0399. The topological polar surface area (TPSA) is 88.5 Å². The number of benzene rings is 3. The summed E-state index contributed by atoms with van der Waals surface area (Å²) in [5, 5.41) is 11.6. The van der Waals surface area contributed by atoms with Gasteiger partial charge in [0.2, 0.25) is 0 Å². The Morgan fingerprint density at radius 2 is 1.79 bits per heavy atom. The van der Waals surface area contributed by atoms with Crippen molar-refractivity contribution < 1.29 is 28.9 Å². The fourth-order valence-electron chi connectivity index (χ4n) is 5.68. The molecule has 0 saturated carbocycles. The second kappa shape index (κ2) is 12.7. The summed E-state index contributed by atoms with van der Waals surface area (Å²) in [6.45, 7) is 9.04. The van der Waals surface area contributed by atoms with Gasteiger partial charge in [-0.1, -0.05) is 50.2 Å². The number of carbonyl (C=O) groups excluding carboxylic acids is 2. The largest absolute Gasteiger partial charge is 0.507 e. The first-order chi connectivity index (χ1) is 20.3. The van der Waals surface area contributed by atoms with E-state index in [9.17, 15) is 14.7 Å². The van der Waals surface area contributed by atoms with Gasteiger partial charge < -0.3 is 29.1 Å². The summed E-state index contributed by atoms with van der Waals surface area (Å²) in [6.07, 6.45) is 0.748. The Balaban J connectivity index is 1.54. The molecule has 0 aromatic heterocycles. The molecular formula is C34H38N2O6. The van der Waals surface area contributed by atoms with Crippen LogP contribution < -0.4 is 14.2 Å². The lowest BCUT2D eigenvalue weighted by Crippen LogP contribution is -2.38. The molecule has 3 aromatic carbocycles. The monoisotopic (exact) mass is 570 g/mol. The normalized spacial score (nSPS) is 19.2. The fourth-order valence-corrected chi connectivity index (χ4v) is 5.68. The molecule has 0 spiro atoms. The maximum Gasteiger partial charge on any atom is 0.295 e. The van der Waals surface area contributed by atoms with E-state index in [0.717, 1.165) is 30.0 Å². The van der Waals surface area contributed by atoms with Gasteiger partial charge in [-0.3, -0.25) is 9.59 Å². The van der Waals surface area contributed by atoms with E-state index in [1.54, 1.807) is 36.3 Å². The van der Waals surface area contributed by atoms with Crippen molar-refractivity contribution in [2.45, 2.75) is 45.9 Å². The van der Waals surface area contributed by atoms with Gasteiger partial charge in [0.25, 0.3) is 11.7 Å². The van der Waals surface area contributed by atoms with Crippen LogP contribution in [-0.2, 0) is 22.6 Å². The molecule has 1 fully saturated rings. The highest BCUT2D eigenvalue weighted by Crippen LogP contribution is 2.43. The number of ketones is 1. The molecule has 0 radical (unpaired) electrons. The molecule has 0 unspecified atom stereocenters. The van der Waals surface area contributed by atoms with Crippen LogP contribution in [0.1, 0.15) is 49.1 Å². The van der Waals surface area contributed by atoms with Gasteiger partial charge in [-0.05, 0) is 67.0 Å². The van der Waals surface area contributed by atoms with Gasteiger partial charge in [-0.2, -0.15) is 0 Å². The number of rotatable bonds is 11. The van der Waals surface area contributed by atoms with E-state index in [0.29, 0.717) is 48.7 Å². The standard InChI is InChI=1S/C34H38N2O6/c1-5-35(6-2)16-17-36-31(24-12-15-28(29(20-24)40-4)41-21-23-10-8-7-9-11-23)30(33(38)34(36)39)32(37)25-13-14-27-26(19-25)18-22(3)42-27/h7-15,19-20,22,31,37H,5-6,16-18,21H2,1-4H3/t22-,31-/m1/s1. The van der Waals surface area contributed by atoms with Crippen molar-refractivity contribution in [3.8, 4) is 17.2 Å². The minimum Gasteiger partial charge on any atom is -0.507 e. The summed E-state index contributed by atoms with van der Waals surface area (Å²) in [7, 11) is 1.55. The number of likely N-dealkylation sites (tertiary alicyclic amines) is 1. The number of likely N-dealkylation sites (N-methyl/N-ethyl adjacent to an activating group) is 1. The maximum absolute atomic E-state index is 13.6. The smallest absolute Gasteiger partial charge is 0.295 e. The molecule has 8 nitrogen and oxygen atoms in total. The third-order valence-electron chi connectivity index (χ3n) is 8.00. The van der Waals surface area contributed by atoms with Crippen LogP contribution in [0.2, 0.25) is 0 Å². The zero-order valence-electron chi connectivity index (χ0n) is 24.6. The van der Waals surface area contributed by atoms with E-state index >= 15 is 0 Å². The molecule has 8 heteroatoms. The SMILES string of the molecule is CCN(CC)CCN1C(=O)C(=O)C(=C(O)c2ccc3c(c2)C[C@@H](C)O3)[C@H]1c1ccc(OCc2ccccc2)c(OC)c1. The Bertz CT molecular complexity index is 1480. The molecule has 1 saturated heterocycles. The highest BCUT2D eigenvalue weighted by atomic mass is 16.5. The van der Waals surface area contributed by atoms with Crippen molar-refractivity contribution in [3.63, 3.8) is 0 Å². The van der Waals surface area contributed by atoms with Crippen molar-refractivity contribution in [2.75, 3.05) is 33.3 Å². The average Bonchev–Trinajstić information content (AvgIpc) is 3.51. The van der Waals surface area contributed by atoms with Crippen LogP contribution in [0.5, 0.6) is 17.2 Å². The molecule has 2 atom stereocenters. The van der Waals surface area contributed by atoms with Crippen molar-refractivity contribution in [2.24, 2.45) is 0 Å². The van der Waals surface area contributed by atoms with Crippen LogP contribution in [0.4, 0.5) is 0 Å². The van der Waals surface area contributed by atoms with Crippen molar-refractivity contribution in [1.82, 2.24) is 9.80 Å². The molecule has 2 heterocycles. The van der Waals surface area contributed by atoms with Crippen LogP contribution in [0.3, 0.4) is 0 Å². The van der Waals surface area contributed by atoms with Crippen molar-refractivity contribution in [1.29, 1.82) is 0 Å². The zero-order chi connectivity index (χ0) is 29.8. The molecular weight excluding hydrogens is 532 g/mol. The summed E-state index contributed by atoms with van der Waals surface area (Å²) in [6, 6.07) is 19.8. The number of Topliss-reactive ketones (excluding diaryl/α,β-unsaturated/α-hetero) is 1. The van der Waals surface area contributed by atoms with Gasteiger partial charge in [0, 0.05) is 25.1 Å². The van der Waals surface area contributed by atoms with Crippen LogP contribution in [0, 0.1) is 0 Å². The van der Waals surface area contributed by atoms with E-state index in [1.165, 1.54) is 0 Å². The number of carbonyl (C=O) groups is 2. The van der Waals surface area contributed by atoms with Gasteiger partial charge >= 0.3 is 0 Å². The summed E-state index contributed by atoms with van der Waals surface area (Å²) >= 11 is 0. The van der Waals surface area contributed by atoms with Crippen LogP contribution >= 0.6 is 0 Å². The molecule has 1 N–H and O–H groups in total. The van der Waals surface area contributed by atoms with Gasteiger partial charge in [0.15, 0.2) is 11.5 Å². The Kier molecular flexibility index (Phi) is 8.83. The second-order valence-electron chi connectivity index (χ2n) is 10.7. The summed E-state index contributed by atoms with van der Waals surface area (Å²) < 4.78 is 17.5. The van der Waals surface area contributed by atoms with Gasteiger partial charge in [0.1, 0.15) is 24.2 Å². The van der Waals surface area contributed by atoms with Gasteiger partial charge in [0.05, 0.1) is 18.7 Å². The second-order valence-corrected chi connectivity index (χ2v) is 10.7. The van der Waals surface area contributed by atoms with E-state index in [-0.39, 0.29) is 17.4 Å². The molecule has 2 aliphatic heterocycles. The lowest BCUT2D eigenvalue weighted by atomic mass is 9.94. The lowest BCUT2D eigenvalue weighted by molar-refractivity contribution is -0.140. The van der Waals surface area contributed by atoms with E-state index < -0.39 is 17.7 Å². The Morgan fingerprint density at radius 3 is 2.50 bits per heavy atom. The van der Waals surface area contributed by atoms with Crippen LogP contribution in [0.25, 0.3) is 5.76 Å². The van der Waals surface area contributed by atoms with Crippen molar-refractivity contribution >= 4 is 17.4 Å². The Hall–Kier alpha value is -4.30. The van der Waals surface area contributed by atoms with Crippen LogP contribution in [-0.4, -0.2) is 66.0 Å². The first-order valence-electron chi connectivity index (χ1n) is 14.5. The highest BCUT2D eigenvalue weighted by Gasteiger charge is 2.46. The molecule has 42 heavy (non-hydrogen) atoms. The predicted molar refractivity (Wildman–Crippen MR) is 161 cm³/mol. The quantitative estimate of drug-likeness (QED) is 0.189. The van der Waals surface area contributed by atoms with Gasteiger partial charge in [-0.25, -0.2) is 0 Å². The predicted octanol–water partition coefficient (Wildman–Crippen LogP) is 5.36. The molecule has 3 aromatic rings. The number of amides is 1. The zero-order valence-corrected chi connectivity index (χ0v) is 24.6. The third-order valence-corrected chi connectivity index (χ3v) is 8.00. The minimum atomic E-state index is -0.791. The van der Waals surface area contributed by atoms with Crippen molar-refractivity contribution in [3.05, 3.63) is 94.6 Å². The number of methoxy groups -OCH3 is 1. The molecule has 0 aliphatic carbocycles. The van der Waals surface area contributed by atoms with Crippen LogP contribution in [0.15, 0.2) is 72.3 Å². The Labute approximate surface area is 247 Å². The number of aliphatic hydroxyl groups is 1. The fraction of sp³-hybridized carbons (Fsp3) is 0.353. The number of fused-ring (bicyclic) bond motifs is 1. The van der Waals surface area contributed by atoms with E-state index in [4.69, 9.17) is 14.2 Å².